The molecule has 0 aliphatic rings. The summed E-state index contributed by atoms with van der Waals surface area (Å²) < 4.78 is 0. The molecule has 0 spiro atoms. The number of nitrogens with one attached hydrogen (secondary N) is 1. The van der Waals surface area contributed by atoms with Crippen LogP contribution in [0, 0.1) is 0 Å². The molecule has 1 unspecified atom stereocenters. The minimum atomic E-state index is -0.877. The average molecular weight is 224 g/mol. The number of tetrazole rings is 1. The number of thiophene rings is 1. The SMILES string of the molecule is O=C(O)CC(c1nn[nH]n1)c1cccs1. The quantitative estimate of drug-likeness (QED) is 0.803. The van der Waals surface area contributed by atoms with Gasteiger partial charge in [-0.3, -0.25) is 4.79 Å². The number of aromatic amines is 1. The predicted molar refractivity (Wildman–Crippen MR) is 52.6 cm³/mol. The van der Waals surface area contributed by atoms with E-state index in [4.69, 9.17) is 5.11 Å². The third kappa shape index (κ3) is 2.18. The first kappa shape index (κ1) is 9.78. The fourth-order valence-electron chi connectivity index (χ4n) is 1.30. The third-order valence-corrected chi connectivity index (χ3v) is 2.92. The van der Waals surface area contributed by atoms with Gasteiger partial charge < -0.3 is 5.11 Å². The number of carboxylic acid groups (broad SMARTS) is 1. The molecule has 0 saturated carbocycles. The van der Waals surface area contributed by atoms with Gasteiger partial charge in [0.1, 0.15) is 0 Å². The lowest BCUT2D eigenvalue weighted by atomic mass is 10.0. The van der Waals surface area contributed by atoms with Gasteiger partial charge in [0, 0.05) is 4.88 Å². The summed E-state index contributed by atoms with van der Waals surface area (Å²) in [7, 11) is 0. The molecule has 7 heteroatoms. The molecule has 2 rings (SSSR count). The van der Waals surface area contributed by atoms with Crippen molar-refractivity contribution < 1.29 is 9.90 Å². The monoisotopic (exact) mass is 224 g/mol. The first-order valence-electron chi connectivity index (χ1n) is 4.26. The Morgan fingerprint density at radius 2 is 2.53 bits per heavy atom. The Balaban J connectivity index is 2.29. The highest BCUT2D eigenvalue weighted by Gasteiger charge is 2.22. The van der Waals surface area contributed by atoms with Crippen molar-refractivity contribution >= 4 is 17.3 Å². The minimum Gasteiger partial charge on any atom is -0.481 e. The Kier molecular flexibility index (Phi) is 2.72. The molecule has 0 amide bonds. The lowest BCUT2D eigenvalue weighted by Crippen LogP contribution is -2.08. The van der Waals surface area contributed by atoms with Crippen molar-refractivity contribution in [3.8, 4) is 0 Å². The molecule has 1 atom stereocenters. The Hall–Kier alpha value is -1.76. The topological polar surface area (TPSA) is 91.8 Å². The van der Waals surface area contributed by atoms with E-state index in [-0.39, 0.29) is 12.3 Å². The lowest BCUT2D eigenvalue weighted by Gasteiger charge is -2.07. The van der Waals surface area contributed by atoms with Gasteiger partial charge in [-0.2, -0.15) is 5.21 Å². The second-order valence-electron chi connectivity index (χ2n) is 2.94. The maximum Gasteiger partial charge on any atom is 0.304 e. The molecule has 0 radical (unpaired) electrons. The molecule has 15 heavy (non-hydrogen) atoms. The normalized spacial score (nSPS) is 12.5. The van der Waals surface area contributed by atoms with Crippen LogP contribution in [-0.2, 0) is 4.79 Å². The van der Waals surface area contributed by atoms with Crippen LogP contribution < -0.4 is 0 Å². The van der Waals surface area contributed by atoms with Crippen LogP contribution in [0.4, 0.5) is 0 Å². The number of carbonyl (C=O) groups is 1. The summed E-state index contributed by atoms with van der Waals surface area (Å²) in [6.07, 6.45) is -0.0277. The summed E-state index contributed by atoms with van der Waals surface area (Å²) in [5.74, 6) is -0.778. The van der Waals surface area contributed by atoms with E-state index < -0.39 is 5.97 Å². The molecule has 78 valence electrons. The highest BCUT2D eigenvalue weighted by molar-refractivity contribution is 7.10. The summed E-state index contributed by atoms with van der Waals surface area (Å²) in [6.45, 7) is 0. The Labute approximate surface area is 89.0 Å². The smallest absolute Gasteiger partial charge is 0.304 e. The van der Waals surface area contributed by atoms with Crippen LogP contribution in [0.2, 0.25) is 0 Å². The van der Waals surface area contributed by atoms with Crippen molar-refractivity contribution in [2.45, 2.75) is 12.3 Å². The molecule has 6 nitrogen and oxygen atoms in total. The number of carboxylic acids is 1. The van der Waals surface area contributed by atoms with Gasteiger partial charge in [0.15, 0.2) is 5.82 Å². The Bertz CT molecular complexity index is 391. The van der Waals surface area contributed by atoms with Crippen molar-refractivity contribution in [1.82, 2.24) is 20.6 Å². The molecule has 2 aromatic rings. The number of hydrogen-bond donors (Lipinski definition) is 2. The van der Waals surface area contributed by atoms with Crippen LogP contribution in [0.3, 0.4) is 0 Å². The van der Waals surface area contributed by atoms with Crippen molar-refractivity contribution in [1.29, 1.82) is 0 Å². The van der Waals surface area contributed by atoms with Gasteiger partial charge in [-0.05, 0) is 11.4 Å². The molecule has 2 aromatic heterocycles. The highest BCUT2D eigenvalue weighted by atomic mass is 32.1. The molecular weight excluding hydrogens is 216 g/mol. The van der Waals surface area contributed by atoms with E-state index in [1.54, 1.807) is 0 Å². The minimum absolute atomic E-state index is 0.0277. The summed E-state index contributed by atoms with van der Waals surface area (Å²) in [5.41, 5.74) is 0. The van der Waals surface area contributed by atoms with E-state index in [2.05, 4.69) is 20.6 Å². The number of H-pyrrole nitrogens is 1. The van der Waals surface area contributed by atoms with Gasteiger partial charge in [0.05, 0.1) is 12.3 Å². The van der Waals surface area contributed by atoms with Gasteiger partial charge in [-0.1, -0.05) is 11.3 Å². The molecule has 0 aliphatic carbocycles. The maximum atomic E-state index is 10.7. The summed E-state index contributed by atoms with van der Waals surface area (Å²) in [6, 6.07) is 3.74. The molecule has 0 bridgehead atoms. The standard InChI is InChI=1S/C8H8N4O2S/c13-7(14)4-5(6-2-1-3-15-6)8-9-11-12-10-8/h1-3,5H,4H2,(H,13,14)(H,9,10,11,12). The third-order valence-electron chi connectivity index (χ3n) is 1.94. The van der Waals surface area contributed by atoms with Gasteiger partial charge in [-0.25, -0.2) is 0 Å². The van der Waals surface area contributed by atoms with E-state index >= 15 is 0 Å². The van der Waals surface area contributed by atoms with E-state index in [1.807, 2.05) is 17.5 Å². The number of hydrogen-bond acceptors (Lipinski definition) is 5. The first-order chi connectivity index (χ1) is 7.27. The Morgan fingerprint density at radius 1 is 1.67 bits per heavy atom. The number of aromatic nitrogens is 4. The lowest BCUT2D eigenvalue weighted by molar-refractivity contribution is -0.137. The van der Waals surface area contributed by atoms with Crippen LogP contribution in [0.1, 0.15) is 23.0 Å². The molecule has 0 aromatic carbocycles. The average Bonchev–Trinajstić information content (AvgIpc) is 2.87. The van der Waals surface area contributed by atoms with Crippen LogP contribution in [0.25, 0.3) is 0 Å². The van der Waals surface area contributed by atoms with E-state index in [0.29, 0.717) is 5.82 Å². The fourth-order valence-corrected chi connectivity index (χ4v) is 2.12. The van der Waals surface area contributed by atoms with Gasteiger partial charge in [0.25, 0.3) is 0 Å². The van der Waals surface area contributed by atoms with Crippen molar-refractivity contribution in [3.05, 3.63) is 28.2 Å². The van der Waals surface area contributed by atoms with Gasteiger partial charge in [0.2, 0.25) is 0 Å². The second kappa shape index (κ2) is 4.18. The van der Waals surface area contributed by atoms with Crippen molar-refractivity contribution in [3.63, 3.8) is 0 Å². The molecule has 2 heterocycles. The zero-order valence-corrected chi connectivity index (χ0v) is 8.44. The fraction of sp³-hybridized carbons (Fsp3) is 0.250. The van der Waals surface area contributed by atoms with Gasteiger partial charge in [-0.15, -0.1) is 21.5 Å². The van der Waals surface area contributed by atoms with Crippen LogP contribution in [0.5, 0.6) is 0 Å². The Morgan fingerprint density at radius 3 is 3.07 bits per heavy atom. The predicted octanol–water partition coefficient (Wildman–Crippen LogP) is 0.868. The second-order valence-corrected chi connectivity index (χ2v) is 3.92. The zero-order valence-electron chi connectivity index (χ0n) is 7.62. The van der Waals surface area contributed by atoms with Crippen molar-refractivity contribution in [2.24, 2.45) is 0 Å². The summed E-state index contributed by atoms with van der Waals surface area (Å²) in [4.78, 5) is 11.6. The van der Waals surface area contributed by atoms with E-state index in [1.165, 1.54) is 11.3 Å². The molecular formula is C8H8N4O2S. The van der Waals surface area contributed by atoms with Crippen LogP contribution in [0.15, 0.2) is 17.5 Å². The number of rotatable bonds is 4. The van der Waals surface area contributed by atoms with Gasteiger partial charge >= 0.3 is 5.97 Å². The maximum absolute atomic E-state index is 10.7. The summed E-state index contributed by atoms with van der Waals surface area (Å²) in [5, 5.41) is 24.1. The molecule has 0 saturated heterocycles. The van der Waals surface area contributed by atoms with Crippen molar-refractivity contribution in [2.75, 3.05) is 0 Å². The highest BCUT2D eigenvalue weighted by Crippen LogP contribution is 2.28. The van der Waals surface area contributed by atoms with E-state index in [0.717, 1.165) is 4.88 Å². The molecule has 0 fully saturated rings. The van der Waals surface area contributed by atoms with E-state index in [9.17, 15) is 4.79 Å². The number of aliphatic carboxylic acids is 1. The molecule has 2 N–H and O–H groups in total. The first-order valence-corrected chi connectivity index (χ1v) is 5.14. The zero-order chi connectivity index (χ0) is 10.7. The van der Waals surface area contributed by atoms with Crippen LogP contribution in [-0.4, -0.2) is 31.7 Å². The number of nitrogens with zero attached hydrogens (tertiary/aromatic N) is 3. The molecule has 0 aliphatic heterocycles. The summed E-state index contributed by atoms with van der Waals surface area (Å²) >= 11 is 1.49. The largest absolute Gasteiger partial charge is 0.481 e. The van der Waals surface area contributed by atoms with Crippen LogP contribution >= 0.6 is 11.3 Å².